The minimum Gasteiger partial charge on any atom is -0.341 e. The van der Waals surface area contributed by atoms with Crippen molar-refractivity contribution in [1.82, 2.24) is 14.7 Å². The topological polar surface area (TPSA) is 69.9 Å². The van der Waals surface area contributed by atoms with Gasteiger partial charge in [0.25, 0.3) is 0 Å². The largest absolute Gasteiger partial charge is 0.341 e. The van der Waals surface area contributed by atoms with Crippen molar-refractivity contribution in [1.29, 1.82) is 0 Å². The number of piperazine rings is 1. The van der Waals surface area contributed by atoms with Crippen molar-refractivity contribution in [2.75, 3.05) is 45.8 Å². The lowest BCUT2D eigenvalue weighted by Gasteiger charge is -2.38. The molecule has 0 aromatic rings. The average Bonchev–Trinajstić information content (AvgIpc) is 3.00. The third-order valence-corrected chi connectivity index (χ3v) is 4.35. The highest BCUT2D eigenvalue weighted by atomic mass is 35.5. The van der Waals surface area contributed by atoms with E-state index in [1.165, 1.54) is 0 Å². The Bertz CT molecular complexity index is 357. The van der Waals surface area contributed by atoms with E-state index in [1.54, 1.807) is 0 Å². The number of carbonyl (C=O) groups is 2. The number of rotatable bonds is 4. The summed E-state index contributed by atoms with van der Waals surface area (Å²) in [5.74, 6) is 0.370. The van der Waals surface area contributed by atoms with Crippen LogP contribution in [0.3, 0.4) is 0 Å². The quantitative estimate of drug-likeness (QED) is 0.789. The Morgan fingerprint density at radius 1 is 0.955 bits per heavy atom. The average molecular weight is 355 g/mol. The maximum Gasteiger partial charge on any atom is 0.239 e. The number of nitrogens with two attached hydrogens (primary N) is 1. The summed E-state index contributed by atoms with van der Waals surface area (Å²) in [6.07, 6.45) is 2.67. The van der Waals surface area contributed by atoms with Gasteiger partial charge < -0.3 is 15.5 Å². The molecule has 2 fully saturated rings. The summed E-state index contributed by atoms with van der Waals surface area (Å²) in [5.41, 5.74) is 5.41. The second-order valence-electron chi connectivity index (χ2n) is 5.66. The van der Waals surface area contributed by atoms with Crippen molar-refractivity contribution in [3.05, 3.63) is 0 Å². The molecule has 0 aliphatic carbocycles. The zero-order valence-corrected chi connectivity index (χ0v) is 14.8. The van der Waals surface area contributed by atoms with Crippen LogP contribution in [0.1, 0.15) is 26.2 Å². The van der Waals surface area contributed by atoms with Crippen molar-refractivity contribution >= 4 is 36.6 Å². The highest BCUT2D eigenvalue weighted by Gasteiger charge is 2.30. The van der Waals surface area contributed by atoms with Crippen LogP contribution in [0.2, 0.25) is 0 Å². The van der Waals surface area contributed by atoms with Crippen LogP contribution in [0.5, 0.6) is 0 Å². The number of halogens is 2. The summed E-state index contributed by atoms with van der Waals surface area (Å²) in [6, 6.07) is -0.0696. The number of hydrogen-bond acceptors (Lipinski definition) is 4. The first-order valence-corrected chi connectivity index (χ1v) is 7.64. The van der Waals surface area contributed by atoms with Gasteiger partial charge in [-0.1, -0.05) is 0 Å². The van der Waals surface area contributed by atoms with Gasteiger partial charge in [0.15, 0.2) is 0 Å². The summed E-state index contributed by atoms with van der Waals surface area (Å²) in [5, 5.41) is 0. The van der Waals surface area contributed by atoms with E-state index in [-0.39, 0.29) is 42.7 Å². The van der Waals surface area contributed by atoms with Crippen molar-refractivity contribution in [2.24, 2.45) is 5.73 Å². The molecule has 2 amide bonds. The maximum absolute atomic E-state index is 12.3. The van der Waals surface area contributed by atoms with Gasteiger partial charge in [0.1, 0.15) is 0 Å². The molecule has 1 unspecified atom stereocenters. The third kappa shape index (κ3) is 5.26. The second kappa shape index (κ2) is 10.3. The molecule has 0 bridgehead atoms. The van der Waals surface area contributed by atoms with Gasteiger partial charge in [-0.25, -0.2) is 0 Å². The molecule has 2 aliphatic heterocycles. The second-order valence-corrected chi connectivity index (χ2v) is 5.66. The van der Waals surface area contributed by atoms with E-state index < -0.39 is 0 Å². The van der Waals surface area contributed by atoms with Gasteiger partial charge in [0, 0.05) is 52.2 Å². The number of amides is 2. The number of likely N-dealkylation sites (tertiary alicyclic amines) is 1. The van der Waals surface area contributed by atoms with Gasteiger partial charge in [-0.3, -0.25) is 14.5 Å². The van der Waals surface area contributed by atoms with E-state index in [4.69, 9.17) is 5.73 Å². The maximum atomic E-state index is 12.3. The predicted molar refractivity (Wildman–Crippen MR) is 91.6 cm³/mol. The molecule has 0 aromatic heterocycles. The molecule has 0 spiro atoms. The smallest absolute Gasteiger partial charge is 0.239 e. The predicted octanol–water partition coefficient (Wildman–Crippen LogP) is 0.334. The van der Waals surface area contributed by atoms with E-state index in [0.29, 0.717) is 26.1 Å². The number of carbonyl (C=O) groups excluding carboxylic acids is 2. The van der Waals surface area contributed by atoms with Gasteiger partial charge >= 0.3 is 0 Å². The zero-order valence-electron chi connectivity index (χ0n) is 13.2. The molecule has 130 valence electrons. The van der Waals surface area contributed by atoms with Gasteiger partial charge in [0.05, 0.1) is 6.04 Å². The SMILES string of the molecule is CC(C(=O)N1CCCC1)N1CCN(C(=O)CCN)CC1.Cl.Cl. The monoisotopic (exact) mass is 354 g/mol. The van der Waals surface area contributed by atoms with E-state index in [9.17, 15) is 9.59 Å². The van der Waals surface area contributed by atoms with Crippen LogP contribution in [0.15, 0.2) is 0 Å². The number of nitrogens with zero attached hydrogens (tertiary/aromatic N) is 3. The normalized spacial score (nSPS) is 20.1. The first kappa shape index (κ1) is 21.4. The summed E-state index contributed by atoms with van der Waals surface area (Å²) in [6.45, 7) is 7.15. The Morgan fingerprint density at radius 3 is 2.00 bits per heavy atom. The molecular formula is C14H28Cl2N4O2. The molecule has 6 nitrogen and oxygen atoms in total. The summed E-state index contributed by atoms with van der Waals surface area (Å²) in [4.78, 5) is 30.1. The Morgan fingerprint density at radius 2 is 1.50 bits per heavy atom. The molecule has 8 heteroatoms. The van der Waals surface area contributed by atoms with Crippen molar-refractivity contribution in [2.45, 2.75) is 32.2 Å². The van der Waals surface area contributed by atoms with E-state index in [0.717, 1.165) is 39.0 Å². The Labute approximate surface area is 145 Å². The Balaban J connectivity index is 0.00000220. The van der Waals surface area contributed by atoms with E-state index in [2.05, 4.69) is 4.90 Å². The summed E-state index contributed by atoms with van der Waals surface area (Å²) < 4.78 is 0. The van der Waals surface area contributed by atoms with Crippen LogP contribution in [0.25, 0.3) is 0 Å². The van der Waals surface area contributed by atoms with Crippen molar-refractivity contribution in [3.8, 4) is 0 Å². The lowest BCUT2D eigenvalue weighted by Crippen LogP contribution is -2.55. The fourth-order valence-electron chi connectivity index (χ4n) is 3.00. The summed E-state index contributed by atoms with van der Waals surface area (Å²) in [7, 11) is 0. The highest BCUT2D eigenvalue weighted by Crippen LogP contribution is 2.14. The first-order valence-electron chi connectivity index (χ1n) is 7.64. The molecule has 0 saturated carbocycles. The van der Waals surface area contributed by atoms with E-state index in [1.807, 2.05) is 16.7 Å². The molecule has 2 saturated heterocycles. The summed E-state index contributed by atoms with van der Waals surface area (Å²) >= 11 is 0. The molecule has 2 heterocycles. The molecule has 2 N–H and O–H groups in total. The Hall–Kier alpha value is -0.560. The van der Waals surface area contributed by atoms with Gasteiger partial charge in [-0.15, -0.1) is 24.8 Å². The minimum atomic E-state index is -0.0696. The fourth-order valence-corrected chi connectivity index (χ4v) is 3.00. The van der Waals surface area contributed by atoms with Gasteiger partial charge in [0.2, 0.25) is 11.8 Å². The lowest BCUT2D eigenvalue weighted by atomic mass is 10.2. The Kier molecular flexibility index (Phi) is 10.00. The molecule has 1 atom stereocenters. The molecule has 2 rings (SSSR count). The van der Waals surface area contributed by atoms with Crippen molar-refractivity contribution < 1.29 is 9.59 Å². The fraction of sp³-hybridized carbons (Fsp3) is 0.857. The third-order valence-electron chi connectivity index (χ3n) is 4.35. The molecule has 0 aromatic carbocycles. The van der Waals surface area contributed by atoms with Crippen LogP contribution in [0.4, 0.5) is 0 Å². The highest BCUT2D eigenvalue weighted by molar-refractivity contribution is 5.85. The molecule has 0 radical (unpaired) electrons. The number of hydrogen-bond donors (Lipinski definition) is 1. The van der Waals surface area contributed by atoms with Gasteiger partial charge in [-0.05, 0) is 19.8 Å². The van der Waals surface area contributed by atoms with Crippen LogP contribution in [-0.4, -0.2) is 78.4 Å². The standard InChI is InChI=1S/C14H26N4O2.2ClH/c1-12(14(20)18-6-2-3-7-18)16-8-10-17(11-9-16)13(19)4-5-15;;/h12H,2-11,15H2,1H3;2*1H. The zero-order chi connectivity index (χ0) is 14.5. The van der Waals surface area contributed by atoms with E-state index >= 15 is 0 Å². The van der Waals surface area contributed by atoms with Crippen LogP contribution in [0, 0.1) is 0 Å². The van der Waals surface area contributed by atoms with Crippen LogP contribution >= 0.6 is 24.8 Å². The molecule has 2 aliphatic rings. The minimum absolute atomic E-state index is 0. The van der Waals surface area contributed by atoms with Crippen LogP contribution < -0.4 is 5.73 Å². The van der Waals surface area contributed by atoms with Crippen molar-refractivity contribution in [3.63, 3.8) is 0 Å². The molecular weight excluding hydrogens is 327 g/mol. The molecule has 22 heavy (non-hydrogen) atoms. The lowest BCUT2D eigenvalue weighted by molar-refractivity contribution is -0.137. The first-order chi connectivity index (χ1) is 9.63. The van der Waals surface area contributed by atoms with Gasteiger partial charge in [-0.2, -0.15) is 0 Å². The van der Waals surface area contributed by atoms with Crippen LogP contribution in [-0.2, 0) is 9.59 Å².